The molecule has 108 valence electrons. The van der Waals surface area contributed by atoms with Gasteiger partial charge in [0.15, 0.2) is 5.96 Å². The molecule has 1 saturated carbocycles. The van der Waals surface area contributed by atoms with Gasteiger partial charge in [0.2, 0.25) is 0 Å². The summed E-state index contributed by atoms with van der Waals surface area (Å²) in [4.78, 5) is 4.35. The van der Waals surface area contributed by atoms with Gasteiger partial charge in [-0.3, -0.25) is 4.99 Å². The fraction of sp³-hybridized carbons (Fsp3) is 0.615. The molecule has 1 aliphatic rings. The van der Waals surface area contributed by atoms with E-state index in [0.29, 0.717) is 12.3 Å². The van der Waals surface area contributed by atoms with Crippen LogP contribution in [0.15, 0.2) is 27.8 Å². The lowest BCUT2D eigenvalue weighted by atomic mass is 10.3. The Morgan fingerprint density at radius 1 is 1.53 bits per heavy atom. The minimum Gasteiger partial charge on any atom is -0.467 e. The Labute approximate surface area is 130 Å². The minimum absolute atomic E-state index is 0. The molecule has 1 aromatic rings. The average Bonchev–Trinajstić information content (AvgIpc) is 3.04. The van der Waals surface area contributed by atoms with Gasteiger partial charge in [0, 0.05) is 13.1 Å². The maximum atomic E-state index is 9.86. The highest BCUT2D eigenvalue weighted by molar-refractivity contribution is 14.0. The summed E-state index contributed by atoms with van der Waals surface area (Å²) >= 11 is 0. The second kappa shape index (κ2) is 8.42. The van der Waals surface area contributed by atoms with E-state index in [0.717, 1.165) is 25.0 Å². The standard InChI is InChI=1S/C13H21N3O2.HI/c1-2-14-13(15-8-10-5-6-10)16-9-11(17)12-4-3-7-18-12;/h3-4,7,10-11,17H,2,5-6,8-9H2,1H3,(H2,14,15,16);1H. The lowest BCUT2D eigenvalue weighted by molar-refractivity contribution is 0.158. The zero-order chi connectivity index (χ0) is 12.8. The lowest BCUT2D eigenvalue weighted by Gasteiger charge is -2.11. The topological polar surface area (TPSA) is 69.8 Å². The molecule has 1 heterocycles. The fourth-order valence-electron chi connectivity index (χ4n) is 1.65. The fourth-order valence-corrected chi connectivity index (χ4v) is 1.65. The molecule has 0 aromatic carbocycles. The number of nitrogens with zero attached hydrogens (tertiary/aromatic N) is 1. The van der Waals surface area contributed by atoms with E-state index >= 15 is 0 Å². The number of aliphatic hydroxyl groups excluding tert-OH is 1. The van der Waals surface area contributed by atoms with Gasteiger partial charge in [-0.1, -0.05) is 0 Å². The lowest BCUT2D eigenvalue weighted by Crippen LogP contribution is -2.38. The highest BCUT2D eigenvalue weighted by Crippen LogP contribution is 2.27. The third-order valence-corrected chi connectivity index (χ3v) is 2.89. The smallest absolute Gasteiger partial charge is 0.191 e. The molecular formula is C13H22IN3O2. The summed E-state index contributed by atoms with van der Waals surface area (Å²) in [5.41, 5.74) is 0. The first kappa shape index (κ1) is 16.3. The van der Waals surface area contributed by atoms with E-state index in [2.05, 4.69) is 15.6 Å². The van der Waals surface area contributed by atoms with Crippen LogP contribution in [0.3, 0.4) is 0 Å². The van der Waals surface area contributed by atoms with E-state index in [4.69, 9.17) is 4.42 Å². The molecule has 6 heteroatoms. The number of halogens is 1. The summed E-state index contributed by atoms with van der Waals surface area (Å²) in [6.07, 6.45) is 3.48. The average molecular weight is 379 g/mol. The van der Waals surface area contributed by atoms with Gasteiger partial charge in [-0.25, -0.2) is 0 Å². The van der Waals surface area contributed by atoms with Crippen LogP contribution in [0, 0.1) is 5.92 Å². The van der Waals surface area contributed by atoms with E-state index in [1.54, 1.807) is 18.4 Å². The highest BCUT2D eigenvalue weighted by atomic mass is 127. The summed E-state index contributed by atoms with van der Waals surface area (Å²) in [5, 5.41) is 16.3. The van der Waals surface area contributed by atoms with Gasteiger partial charge in [-0.15, -0.1) is 24.0 Å². The third kappa shape index (κ3) is 5.82. The molecule has 0 amide bonds. The van der Waals surface area contributed by atoms with E-state index in [1.807, 2.05) is 6.92 Å². The van der Waals surface area contributed by atoms with Crippen LogP contribution in [-0.2, 0) is 0 Å². The van der Waals surface area contributed by atoms with Crippen molar-refractivity contribution in [3.63, 3.8) is 0 Å². The molecule has 0 saturated heterocycles. The van der Waals surface area contributed by atoms with Crippen LogP contribution in [-0.4, -0.2) is 30.7 Å². The van der Waals surface area contributed by atoms with Crippen LogP contribution in [0.4, 0.5) is 0 Å². The first-order chi connectivity index (χ1) is 8.79. The van der Waals surface area contributed by atoms with Crippen molar-refractivity contribution >= 4 is 29.9 Å². The van der Waals surface area contributed by atoms with Crippen LogP contribution in [0.5, 0.6) is 0 Å². The van der Waals surface area contributed by atoms with Gasteiger partial charge in [0.1, 0.15) is 11.9 Å². The zero-order valence-corrected chi connectivity index (χ0v) is 13.5. The van der Waals surface area contributed by atoms with E-state index in [9.17, 15) is 5.11 Å². The number of rotatable bonds is 6. The Kier molecular flexibility index (Phi) is 7.22. The molecule has 1 atom stereocenters. The molecule has 0 aliphatic heterocycles. The summed E-state index contributed by atoms with van der Waals surface area (Å²) in [6, 6.07) is 3.52. The van der Waals surface area contributed by atoms with E-state index in [1.165, 1.54) is 12.8 Å². The largest absolute Gasteiger partial charge is 0.467 e. The maximum absolute atomic E-state index is 9.86. The number of hydrogen-bond acceptors (Lipinski definition) is 3. The Hall–Kier alpha value is -0.760. The molecule has 2 rings (SSSR count). The molecule has 1 aromatic heterocycles. The number of hydrogen-bond donors (Lipinski definition) is 3. The van der Waals surface area contributed by atoms with Crippen molar-refractivity contribution in [2.45, 2.75) is 25.9 Å². The van der Waals surface area contributed by atoms with Crippen molar-refractivity contribution in [2.75, 3.05) is 19.6 Å². The number of aliphatic imine (C=N–C) groups is 1. The Morgan fingerprint density at radius 2 is 2.32 bits per heavy atom. The van der Waals surface area contributed by atoms with Crippen LogP contribution in [0.1, 0.15) is 31.6 Å². The predicted octanol–water partition coefficient (Wildman–Crippen LogP) is 1.90. The van der Waals surface area contributed by atoms with E-state index < -0.39 is 6.10 Å². The summed E-state index contributed by atoms with van der Waals surface area (Å²) < 4.78 is 5.14. The van der Waals surface area contributed by atoms with Crippen molar-refractivity contribution in [3.8, 4) is 0 Å². The molecule has 0 spiro atoms. The Morgan fingerprint density at radius 3 is 2.89 bits per heavy atom. The summed E-state index contributed by atoms with van der Waals surface area (Å²) in [7, 11) is 0. The number of furan rings is 1. The molecule has 0 radical (unpaired) electrons. The van der Waals surface area contributed by atoms with Crippen LogP contribution < -0.4 is 10.6 Å². The molecule has 3 N–H and O–H groups in total. The van der Waals surface area contributed by atoms with Crippen LogP contribution >= 0.6 is 24.0 Å². The van der Waals surface area contributed by atoms with Crippen molar-refractivity contribution in [2.24, 2.45) is 10.9 Å². The Balaban J connectivity index is 0.00000180. The third-order valence-electron chi connectivity index (χ3n) is 2.89. The number of aliphatic hydroxyl groups is 1. The first-order valence-corrected chi connectivity index (χ1v) is 6.53. The predicted molar refractivity (Wildman–Crippen MR) is 85.8 cm³/mol. The first-order valence-electron chi connectivity index (χ1n) is 6.53. The number of nitrogens with one attached hydrogen (secondary N) is 2. The normalized spacial score (nSPS) is 16.6. The Bertz CT molecular complexity index is 377. The SMILES string of the molecule is CCNC(=NCC(O)c1ccco1)NCC1CC1.I. The van der Waals surface area contributed by atoms with Crippen molar-refractivity contribution < 1.29 is 9.52 Å². The molecular weight excluding hydrogens is 357 g/mol. The summed E-state index contributed by atoms with van der Waals surface area (Å²) in [5.74, 6) is 2.11. The van der Waals surface area contributed by atoms with Gasteiger partial charge in [-0.2, -0.15) is 0 Å². The summed E-state index contributed by atoms with van der Waals surface area (Å²) in [6.45, 7) is 4.10. The highest BCUT2D eigenvalue weighted by Gasteiger charge is 2.21. The molecule has 1 unspecified atom stereocenters. The van der Waals surface area contributed by atoms with Crippen molar-refractivity contribution in [1.82, 2.24) is 10.6 Å². The monoisotopic (exact) mass is 379 g/mol. The van der Waals surface area contributed by atoms with Crippen molar-refractivity contribution in [1.29, 1.82) is 0 Å². The quantitative estimate of drug-likeness (QED) is 0.401. The van der Waals surface area contributed by atoms with Gasteiger partial charge >= 0.3 is 0 Å². The van der Waals surface area contributed by atoms with Crippen LogP contribution in [0.2, 0.25) is 0 Å². The molecule has 1 aliphatic carbocycles. The van der Waals surface area contributed by atoms with Gasteiger partial charge in [-0.05, 0) is 37.8 Å². The minimum atomic E-state index is -0.684. The van der Waals surface area contributed by atoms with Gasteiger partial charge in [0.25, 0.3) is 0 Å². The number of guanidine groups is 1. The molecule has 0 bridgehead atoms. The maximum Gasteiger partial charge on any atom is 0.191 e. The molecule has 1 fully saturated rings. The van der Waals surface area contributed by atoms with E-state index in [-0.39, 0.29) is 24.0 Å². The van der Waals surface area contributed by atoms with Gasteiger partial charge in [0.05, 0.1) is 12.8 Å². The molecule has 5 nitrogen and oxygen atoms in total. The van der Waals surface area contributed by atoms with Crippen LogP contribution in [0.25, 0.3) is 0 Å². The molecule has 19 heavy (non-hydrogen) atoms. The van der Waals surface area contributed by atoms with Gasteiger partial charge < -0.3 is 20.2 Å². The zero-order valence-electron chi connectivity index (χ0n) is 11.1. The second-order valence-corrected chi connectivity index (χ2v) is 4.58. The van der Waals surface area contributed by atoms with Crippen molar-refractivity contribution in [3.05, 3.63) is 24.2 Å². The second-order valence-electron chi connectivity index (χ2n) is 4.58.